The van der Waals surface area contributed by atoms with Crippen molar-refractivity contribution in [1.29, 1.82) is 0 Å². The molecule has 0 aliphatic heterocycles. The Morgan fingerprint density at radius 1 is 1.30 bits per heavy atom. The number of carbonyl (C=O) groups is 1. The number of benzene rings is 1. The molecular weight excluding hydrogens is 295 g/mol. The molecule has 1 aromatic carbocycles. The molecule has 0 fully saturated rings. The predicted octanol–water partition coefficient (Wildman–Crippen LogP) is 1.68. The van der Waals surface area contributed by atoms with Gasteiger partial charge in [0.05, 0.1) is 28.7 Å². The Hall–Kier alpha value is -1.93. The molecule has 0 aliphatic rings. The van der Waals surface area contributed by atoms with Crippen LogP contribution in [0.4, 0.5) is 13.2 Å². The van der Waals surface area contributed by atoms with Gasteiger partial charge in [0.2, 0.25) is 0 Å². The average molecular weight is 302 g/mol. The zero-order valence-electron chi connectivity index (χ0n) is 9.77. The highest BCUT2D eigenvalue weighted by atomic mass is 32.1. The summed E-state index contributed by atoms with van der Waals surface area (Å²) < 4.78 is 37.3. The fourth-order valence-corrected chi connectivity index (χ4v) is 2.46. The molecule has 0 unspecified atom stereocenters. The van der Waals surface area contributed by atoms with Crippen LogP contribution in [0, 0.1) is 0 Å². The molecule has 0 bridgehead atoms. The maximum Gasteiger partial charge on any atom is 0.416 e. The summed E-state index contributed by atoms with van der Waals surface area (Å²) in [5.74, 6) is -1.48. The van der Waals surface area contributed by atoms with Crippen LogP contribution in [0.1, 0.15) is 20.9 Å². The SMILES string of the molecule is O=C([O-])c1sc(-c2ccc(C(F)(F)F)cc2)nc1CO. The third-order valence-electron chi connectivity index (χ3n) is 2.49. The third kappa shape index (κ3) is 2.81. The van der Waals surface area contributed by atoms with E-state index in [1.807, 2.05) is 0 Å². The highest BCUT2D eigenvalue weighted by Crippen LogP contribution is 2.32. The van der Waals surface area contributed by atoms with Crippen molar-refractivity contribution in [3.8, 4) is 10.6 Å². The Kier molecular flexibility index (Phi) is 3.78. The quantitative estimate of drug-likeness (QED) is 0.936. The van der Waals surface area contributed by atoms with Gasteiger partial charge in [-0.25, -0.2) is 4.98 Å². The minimum absolute atomic E-state index is 0.0649. The number of aromatic carboxylic acids is 1. The summed E-state index contributed by atoms with van der Waals surface area (Å²) in [7, 11) is 0. The molecule has 1 heterocycles. The Morgan fingerprint density at radius 2 is 1.90 bits per heavy atom. The summed E-state index contributed by atoms with van der Waals surface area (Å²) in [5.41, 5.74) is -0.532. The lowest BCUT2D eigenvalue weighted by molar-refractivity contribution is -0.254. The summed E-state index contributed by atoms with van der Waals surface area (Å²) >= 11 is 0.744. The normalized spacial score (nSPS) is 11.6. The second-order valence-electron chi connectivity index (χ2n) is 3.82. The van der Waals surface area contributed by atoms with E-state index >= 15 is 0 Å². The molecule has 0 amide bonds. The highest BCUT2D eigenvalue weighted by Gasteiger charge is 2.30. The van der Waals surface area contributed by atoms with Gasteiger partial charge >= 0.3 is 6.18 Å². The second kappa shape index (κ2) is 5.22. The minimum Gasteiger partial charge on any atom is -0.544 e. The van der Waals surface area contributed by atoms with Crippen LogP contribution in [-0.2, 0) is 12.8 Å². The number of carboxylic acid groups (broad SMARTS) is 1. The Bertz CT molecular complexity index is 634. The first kappa shape index (κ1) is 14.5. The number of hydrogen-bond donors (Lipinski definition) is 1. The lowest BCUT2D eigenvalue weighted by atomic mass is 10.1. The van der Waals surface area contributed by atoms with Crippen LogP contribution in [0.3, 0.4) is 0 Å². The van der Waals surface area contributed by atoms with Gasteiger partial charge in [0.15, 0.2) is 0 Å². The first-order valence-electron chi connectivity index (χ1n) is 5.32. The summed E-state index contributed by atoms with van der Waals surface area (Å²) in [6.07, 6.45) is -4.44. The number of halogens is 3. The topological polar surface area (TPSA) is 73.2 Å². The van der Waals surface area contributed by atoms with E-state index in [1.54, 1.807) is 0 Å². The van der Waals surface area contributed by atoms with Crippen molar-refractivity contribution < 1.29 is 28.2 Å². The zero-order valence-corrected chi connectivity index (χ0v) is 10.6. The first-order chi connectivity index (χ1) is 9.32. The van der Waals surface area contributed by atoms with E-state index in [1.165, 1.54) is 12.1 Å². The zero-order chi connectivity index (χ0) is 14.9. The molecule has 0 atom stereocenters. The average Bonchev–Trinajstić information content (AvgIpc) is 2.82. The number of nitrogens with zero attached hydrogens (tertiary/aromatic N) is 1. The summed E-state index contributed by atoms with van der Waals surface area (Å²) in [6, 6.07) is 4.16. The summed E-state index contributed by atoms with van der Waals surface area (Å²) in [6.45, 7) is -0.583. The Morgan fingerprint density at radius 3 is 2.30 bits per heavy atom. The molecule has 0 aliphatic carbocycles. The van der Waals surface area contributed by atoms with Crippen LogP contribution in [0.5, 0.6) is 0 Å². The number of hydrogen-bond acceptors (Lipinski definition) is 5. The van der Waals surface area contributed by atoms with Gasteiger partial charge in [-0.15, -0.1) is 11.3 Å². The molecule has 106 valence electrons. The summed E-state index contributed by atoms with van der Waals surface area (Å²) in [4.78, 5) is 14.5. The van der Waals surface area contributed by atoms with E-state index in [9.17, 15) is 23.1 Å². The van der Waals surface area contributed by atoms with E-state index < -0.39 is 24.3 Å². The van der Waals surface area contributed by atoms with Crippen molar-refractivity contribution in [3.05, 3.63) is 40.4 Å². The van der Waals surface area contributed by atoms with Crippen LogP contribution in [0.25, 0.3) is 10.6 Å². The number of thiazole rings is 1. The molecule has 1 N–H and O–H groups in total. The Balaban J connectivity index is 2.39. The maximum atomic E-state index is 12.4. The number of carbonyl (C=O) groups excluding carboxylic acids is 1. The standard InChI is InChI=1S/C12H8F3NO3S/c13-12(14,15)7-3-1-6(2-4-7)10-16-8(5-17)9(20-10)11(18)19/h1-4,17H,5H2,(H,18,19)/p-1. The summed E-state index contributed by atoms with van der Waals surface area (Å²) in [5, 5.41) is 20.0. The molecule has 0 saturated carbocycles. The van der Waals surface area contributed by atoms with Gasteiger partial charge in [-0.3, -0.25) is 0 Å². The van der Waals surface area contributed by atoms with Crippen LogP contribution < -0.4 is 5.11 Å². The van der Waals surface area contributed by atoms with E-state index in [2.05, 4.69) is 4.98 Å². The van der Waals surface area contributed by atoms with Crippen molar-refractivity contribution in [2.45, 2.75) is 12.8 Å². The van der Waals surface area contributed by atoms with E-state index in [4.69, 9.17) is 5.11 Å². The van der Waals surface area contributed by atoms with Gasteiger partial charge in [-0.1, -0.05) is 12.1 Å². The van der Waals surface area contributed by atoms with E-state index in [0.29, 0.717) is 5.56 Å². The Labute approximate surface area is 115 Å². The van der Waals surface area contributed by atoms with Gasteiger partial charge in [-0.05, 0) is 12.1 Å². The van der Waals surface area contributed by atoms with Gasteiger partial charge < -0.3 is 15.0 Å². The minimum atomic E-state index is -4.44. The van der Waals surface area contributed by atoms with Crippen molar-refractivity contribution in [2.75, 3.05) is 0 Å². The predicted molar refractivity (Wildman–Crippen MR) is 62.8 cm³/mol. The van der Waals surface area contributed by atoms with Crippen molar-refractivity contribution in [3.63, 3.8) is 0 Å². The maximum absolute atomic E-state index is 12.4. The second-order valence-corrected chi connectivity index (χ2v) is 4.81. The fourth-order valence-electron chi connectivity index (χ4n) is 1.54. The monoisotopic (exact) mass is 302 g/mol. The molecular formula is C12H7F3NO3S-. The van der Waals surface area contributed by atoms with Gasteiger partial charge in [0, 0.05) is 5.56 Å². The van der Waals surface area contributed by atoms with Crippen LogP contribution >= 0.6 is 11.3 Å². The highest BCUT2D eigenvalue weighted by molar-refractivity contribution is 7.17. The molecule has 0 radical (unpaired) electrons. The van der Waals surface area contributed by atoms with Crippen LogP contribution in [0.2, 0.25) is 0 Å². The van der Waals surface area contributed by atoms with E-state index in [0.717, 1.165) is 23.5 Å². The largest absolute Gasteiger partial charge is 0.544 e. The van der Waals surface area contributed by atoms with E-state index in [-0.39, 0.29) is 15.6 Å². The fraction of sp³-hybridized carbons (Fsp3) is 0.167. The number of aliphatic hydroxyl groups excluding tert-OH is 1. The first-order valence-corrected chi connectivity index (χ1v) is 6.14. The number of alkyl halides is 3. The van der Waals surface area contributed by atoms with Gasteiger partial charge in [0.1, 0.15) is 5.01 Å². The van der Waals surface area contributed by atoms with Crippen LogP contribution in [0.15, 0.2) is 24.3 Å². The van der Waals surface area contributed by atoms with Crippen molar-refractivity contribution in [1.82, 2.24) is 4.98 Å². The lowest BCUT2D eigenvalue weighted by Crippen LogP contribution is -2.22. The molecule has 0 spiro atoms. The van der Waals surface area contributed by atoms with Gasteiger partial charge in [-0.2, -0.15) is 13.2 Å². The number of aromatic nitrogens is 1. The van der Waals surface area contributed by atoms with Gasteiger partial charge in [0.25, 0.3) is 0 Å². The number of rotatable bonds is 3. The molecule has 4 nitrogen and oxygen atoms in total. The van der Waals surface area contributed by atoms with Crippen molar-refractivity contribution >= 4 is 17.3 Å². The molecule has 1 aromatic heterocycles. The molecule has 0 saturated heterocycles. The third-order valence-corrected chi connectivity index (χ3v) is 3.62. The van der Waals surface area contributed by atoms with Crippen LogP contribution in [-0.4, -0.2) is 16.1 Å². The molecule has 2 rings (SSSR count). The van der Waals surface area contributed by atoms with Crippen molar-refractivity contribution in [2.24, 2.45) is 0 Å². The number of carboxylic acids is 1. The molecule has 2 aromatic rings. The molecule has 20 heavy (non-hydrogen) atoms. The molecule has 8 heteroatoms. The number of aliphatic hydroxyl groups is 1. The lowest BCUT2D eigenvalue weighted by Gasteiger charge is -2.06. The smallest absolute Gasteiger partial charge is 0.416 e.